The Labute approximate surface area is 136 Å². The maximum Gasteiger partial charge on any atom is 0.0611 e. The lowest BCUT2D eigenvalue weighted by Gasteiger charge is -2.21. The van der Waals surface area contributed by atoms with Gasteiger partial charge < -0.3 is 10.8 Å². The van der Waals surface area contributed by atoms with E-state index in [0.29, 0.717) is 5.92 Å². The van der Waals surface area contributed by atoms with Gasteiger partial charge in [0.25, 0.3) is 0 Å². The van der Waals surface area contributed by atoms with Crippen LogP contribution in [0.15, 0.2) is 24.3 Å². The first-order chi connectivity index (χ1) is 10.7. The summed E-state index contributed by atoms with van der Waals surface area (Å²) in [5, 5.41) is 9.42. The van der Waals surface area contributed by atoms with Crippen LogP contribution in [0.5, 0.6) is 0 Å². The van der Waals surface area contributed by atoms with Crippen LogP contribution in [0, 0.1) is 0 Å². The lowest BCUT2D eigenvalue weighted by atomic mass is 9.92. The van der Waals surface area contributed by atoms with Gasteiger partial charge in [0.05, 0.1) is 6.61 Å². The highest BCUT2D eigenvalue weighted by atomic mass is 16.3. The molecule has 0 radical (unpaired) electrons. The van der Waals surface area contributed by atoms with Gasteiger partial charge in [-0.3, -0.25) is 0 Å². The molecule has 0 aliphatic heterocycles. The highest BCUT2D eigenvalue weighted by molar-refractivity contribution is 5.28. The molecule has 2 atom stereocenters. The monoisotopic (exact) mass is 303 g/mol. The topological polar surface area (TPSA) is 46.2 Å². The van der Waals surface area contributed by atoms with Crippen molar-refractivity contribution in [2.75, 3.05) is 6.61 Å². The zero-order valence-electron chi connectivity index (χ0n) is 14.2. The number of aliphatic hydroxyl groups excluding tert-OH is 1. The van der Waals surface area contributed by atoms with E-state index in [1.54, 1.807) is 0 Å². The van der Waals surface area contributed by atoms with Gasteiger partial charge in [0.2, 0.25) is 0 Å². The van der Waals surface area contributed by atoms with Gasteiger partial charge >= 0.3 is 0 Å². The lowest BCUT2D eigenvalue weighted by molar-refractivity contribution is 0.198. The number of benzene rings is 1. The fourth-order valence-corrected chi connectivity index (χ4v) is 3.70. The average molecular weight is 303 g/mol. The quantitative estimate of drug-likeness (QED) is 0.658. The van der Waals surface area contributed by atoms with Crippen molar-refractivity contribution in [1.82, 2.24) is 0 Å². The van der Waals surface area contributed by atoms with Crippen molar-refractivity contribution in [3.8, 4) is 0 Å². The maximum atomic E-state index is 9.42. The summed E-state index contributed by atoms with van der Waals surface area (Å²) in [6.45, 7) is 2.38. The van der Waals surface area contributed by atoms with Gasteiger partial charge in [0.15, 0.2) is 0 Å². The third-order valence-electron chi connectivity index (χ3n) is 5.20. The highest BCUT2D eigenvalue weighted by Crippen LogP contribution is 2.39. The Hall–Kier alpha value is -0.860. The Bertz CT molecular complexity index is 445. The Balaban J connectivity index is 1.80. The van der Waals surface area contributed by atoms with E-state index in [1.165, 1.54) is 56.1 Å². The van der Waals surface area contributed by atoms with Crippen molar-refractivity contribution in [3.05, 3.63) is 35.4 Å². The molecule has 1 aliphatic rings. The van der Waals surface area contributed by atoms with Gasteiger partial charge in [0, 0.05) is 5.54 Å². The van der Waals surface area contributed by atoms with Crippen LogP contribution in [-0.4, -0.2) is 17.3 Å². The first-order valence-corrected chi connectivity index (χ1v) is 9.15. The summed E-state index contributed by atoms with van der Waals surface area (Å²) in [5.74, 6) is 0.529. The summed E-state index contributed by atoms with van der Waals surface area (Å²) in [5.41, 5.74) is 8.75. The molecule has 0 heterocycles. The number of aryl methyl sites for hydroxylation is 1. The Kier molecular flexibility index (Phi) is 6.91. The maximum absolute atomic E-state index is 9.42. The molecule has 0 unspecified atom stereocenters. The molecule has 0 bridgehead atoms. The van der Waals surface area contributed by atoms with Crippen LogP contribution in [0.4, 0.5) is 0 Å². The molecule has 3 N–H and O–H groups in total. The minimum atomic E-state index is -0.347. The second kappa shape index (κ2) is 8.69. The van der Waals surface area contributed by atoms with Crippen LogP contribution < -0.4 is 5.73 Å². The molecule has 124 valence electrons. The SMILES string of the molecule is CCCCCCCCc1cccc([C@H]2CC[C@](N)(CO)C2)c1. The first-order valence-electron chi connectivity index (χ1n) is 9.15. The molecule has 2 rings (SSSR count). The second-order valence-electron chi connectivity index (χ2n) is 7.22. The average Bonchev–Trinajstić information content (AvgIpc) is 2.94. The molecular formula is C20H33NO. The first kappa shape index (κ1) is 17.5. The second-order valence-corrected chi connectivity index (χ2v) is 7.22. The Morgan fingerprint density at radius 2 is 1.95 bits per heavy atom. The van der Waals surface area contributed by atoms with Crippen LogP contribution in [0.1, 0.15) is 81.8 Å². The zero-order chi connectivity index (χ0) is 15.8. The molecule has 1 fully saturated rings. The molecule has 22 heavy (non-hydrogen) atoms. The summed E-state index contributed by atoms with van der Waals surface area (Å²) < 4.78 is 0. The third kappa shape index (κ3) is 5.10. The molecule has 0 saturated heterocycles. The van der Waals surface area contributed by atoms with Crippen LogP contribution in [0.25, 0.3) is 0 Å². The Morgan fingerprint density at radius 3 is 2.68 bits per heavy atom. The van der Waals surface area contributed by atoms with Crippen LogP contribution in [-0.2, 0) is 6.42 Å². The van der Waals surface area contributed by atoms with Crippen LogP contribution >= 0.6 is 0 Å². The van der Waals surface area contributed by atoms with Gasteiger partial charge in [-0.15, -0.1) is 0 Å². The largest absolute Gasteiger partial charge is 0.394 e. The Morgan fingerprint density at radius 1 is 1.18 bits per heavy atom. The standard InChI is InChI=1S/C20H33NO/c1-2-3-4-5-6-7-9-17-10-8-11-18(14-17)19-12-13-20(21,15-19)16-22/h8,10-11,14,19,22H,2-7,9,12-13,15-16,21H2,1H3/t19-,20+/m0/s1. The molecule has 1 aromatic carbocycles. The fourth-order valence-electron chi connectivity index (χ4n) is 3.70. The predicted molar refractivity (Wildman–Crippen MR) is 94.1 cm³/mol. The summed E-state index contributed by atoms with van der Waals surface area (Å²) in [4.78, 5) is 0. The smallest absolute Gasteiger partial charge is 0.0611 e. The summed E-state index contributed by atoms with van der Waals surface area (Å²) in [6, 6.07) is 9.06. The van der Waals surface area contributed by atoms with Gasteiger partial charge in [-0.1, -0.05) is 63.3 Å². The molecule has 2 nitrogen and oxygen atoms in total. The molecule has 1 aliphatic carbocycles. The lowest BCUT2D eigenvalue weighted by Crippen LogP contribution is -2.40. The normalized spacial score (nSPS) is 24.8. The highest BCUT2D eigenvalue weighted by Gasteiger charge is 2.35. The minimum Gasteiger partial charge on any atom is -0.394 e. The number of hydrogen-bond acceptors (Lipinski definition) is 2. The number of nitrogens with two attached hydrogens (primary N) is 1. The molecular weight excluding hydrogens is 270 g/mol. The third-order valence-corrected chi connectivity index (χ3v) is 5.20. The molecule has 0 aromatic heterocycles. The van der Waals surface area contributed by atoms with E-state index in [4.69, 9.17) is 5.73 Å². The predicted octanol–water partition coefficient (Wildman–Crippen LogP) is 4.55. The molecule has 0 spiro atoms. The molecule has 0 amide bonds. The van der Waals surface area contributed by atoms with Gasteiger partial charge in [-0.25, -0.2) is 0 Å². The van der Waals surface area contributed by atoms with Gasteiger partial charge in [-0.05, 0) is 49.1 Å². The van der Waals surface area contributed by atoms with Gasteiger partial charge in [0.1, 0.15) is 0 Å². The van der Waals surface area contributed by atoms with Gasteiger partial charge in [-0.2, -0.15) is 0 Å². The molecule has 1 saturated carbocycles. The molecule has 1 aromatic rings. The number of rotatable bonds is 9. The number of aliphatic hydroxyl groups is 1. The fraction of sp³-hybridized carbons (Fsp3) is 0.700. The van der Waals surface area contributed by atoms with E-state index in [-0.39, 0.29) is 12.1 Å². The van der Waals surface area contributed by atoms with E-state index >= 15 is 0 Å². The van der Waals surface area contributed by atoms with E-state index in [0.717, 1.165) is 19.3 Å². The number of hydrogen-bond donors (Lipinski definition) is 2. The van der Waals surface area contributed by atoms with Crippen molar-refractivity contribution in [3.63, 3.8) is 0 Å². The van der Waals surface area contributed by atoms with Crippen molar-refractivity contribution in [2.45, 2.75) is 82.6 Å². The zero-order valence-corrected chi connectivity index (χ0v) is 14.2. The van der Waals surface area contributed by atoms with E-state index in [1.807, 2.05) is 0 Å². The summed E-state index contributed by atoms with van der Waals surface area (Å²) >= 11 is 0. The van der Waals surface area contributed by atoms with Crippen molar-refractivity contribution in [2.24, 2.45) is 5.73 Å². The van der Waals surface area contributed by atoms with E-state index in [2.05, 4.69) is 31.2 Å². The number of unbranched alkanes of at least 4 members (excludes halogenated alkanes) is 5. The summed E-state index contributed by atoms with van der Waals surface area (Å²) in [7, 11) is 0. The van der Waals surface area contributed by atoms with Crippen LogP contribution in [0.2, 0.25) is 0 Å². The minimum absolute atomic E-state index is 0.112. The van der Waals surface area contributed by atoms with Crippen molar-refractivity contribution >= 4 is 0 Å². The van der Waals surface area contributed by atoms with E-state index in [9.17, 15) is 5.11 Å². The van der Waals surface area contributed by atoms with Crippen molar-refractivity contribution in [1.29, 1.82) is 0 Å². The van der Waals surface area contributed by atoms with E-state index < -0.39 is 0 Å². The van der Waals surface area contributed by atoms with Crippen molar-refractivity contribution < 1.29 is 5.11 Å². The molecule has 2 heteroatoms. The summed E-state index contributed by atoms with van der Waals surface area (Å²) in [6.07, 6.45) is 12.3. The van der Waals surface area contributed by atoms with Crippen LogP contribution in [0.3, 0.4) is 0 Å².